The number of para-hydroxylation sites is 1. The Morgan fingerprint density at radius 2 is 2.00 bits per heavy atom. The lowest BCUT2D eigenvalue weighted by molar-refractivity contribution is 0.306. The molecule has 2 N–H and O–H groups in total. The fraction of sp³-hybridized carbons (Fsp3) is 0.571. The van der Waals surface area contributed by atoms with Gasteiger partial charge in [-0.25, -0.2) is 0 Å². The molecule has 0 aromatic heterocycles. The lowest BCUT2D eigenvalue weighted by Crippen LogP contribution is -2.33. The Morgan fingerprint density at radius 1 is 1.19 bits per heavy atom. The van der Waals surface area contributed by atoms with E-state index in [4.69, 9.17) is 0 Å². The van der Waals surface area contributed by atoms with E-state index in [-0.39, 0.29) is 0 Å². The van der Waals surface area contributed by atoms with Crippen molar-refractivity contribution in [2.75, 3.05) is 18.9 Å². The molecule has 0 heterocycles. The van der Waals surface area contributed by atoms with Crippen LogP contribution in [0.15, 0.2) is 30.3 Å². The van der Waals surface area contributed by atoms with Crippen molar-refractivity contribution in [3.63, 3.8) is 0 Å². The minimum atomic E-state index is 0.733. The molecule has 2 heteroatoms. The largest absolute Gasteiger partial charge is 0.385 e. The fourth-order valence-electron chi connectivity index (χ4n) is 2.56. The molecule has 2 nitrogen and oxygen atoms in total. The van der Waals surface area contributed by atoms with Gasteiger partial charge in [0.05, 0.1) is 0 Å². The smallest absolute Gasteiger partial charge is 0.0340 e. The summed E-state index contributed by atoms with van der Waals surface area (Å²) < 4.78 is 0. The molecule has 1 aliphatic rings. The van der Waals surface area contributed by atoms with Crippen molar-refractivity contribution < 1.29 is 0 Å². The predicted octanol–water partition coefficient (Wildman–Crippen LogP) is 2.88. The second-order valence-electron chi connectivity index (χ2n) is 4.77. The highest BCUT2D eigenvalue weighted by Crippen LogP contribution is 2.24. The summed E-state index contributed by atoms with van der Waals surface area (Å²) in [5.41, 5.74) is 1.24. The summed E-state index contributed by atoms with van der Waals surface area (Å²) in [4.78, 5) is 0. The molecular formula is C14H22N2. The van der Waals surface area contributed by atoms with Crippen LogP contribution in [-0.2, 0) is 0 Å². The first-order valence-corrected chi connectivity index (χ1v) is 6.34. The van der Waals surface area contributed by atoms with E-state index in [1.54, 1.807) is 0 Å². The molecule has 0 radical (unpaired) electrons. The molecule has 0 spiro atoms. The molecule has 2 rings (SSSR count). The molecule has 1 aromatic carbocycles. The zero-order chi connectivity index (χ0) is 11.2. The highest BCUT2D eigenvalue weighted by Gasteiger charge is 2.20. The molecule has 88 valence electrons. The molecule has 2 unspecified atom stereocenters. The first kappa shape index (κ1) is 11.5. The third kappa shape index (κ3) is 3.24. The van der Waals surface area contributed by atoms with Crippen LogP contribution in [0.5, 0.6) is 0 Å². The first-order valence-electron chi connectivity index (χ1n) is 6.34. The van der Waals surface area contributed by atoms with Gasteiger partial charge in [0, 0.05) is 18.3 Å². The zero-order valence-electron chi connectivity index (χ0n) is 10.1. The third-order valence-electron chi connectivity index (χ3n) is 3.56. The topological polar surface area (TPSA) is 24.1 Å². The molecule has 1 saturated carbocycles. The number of rotatable bonds is 4. The Hall–Kier alpha value is -1.02. The Kier molecular flexibility index (Phi) is 4.23. The lowest BCUT2D eigenvalue weighted by atomic mass is 9.86. The summed E-state index contributed by atoms with van der Waals surface area (Å²) >= 11 is 0. The van der Waals surface area contributed by atoms with Gasteiger partial charge in [0.15, 0.2) is 0 Å². The fourth-order valence-corrected chi connectivity index (χ4v) is 2.56. The van der Waals surface area contributed by atoms with Gasteiger partial charge >= 0.3 is 0 Å². The Labute approximate surface area is 98.4 Å². The van der Waals surface area contributed by atoms with E-state index in [9.17, 15) is 0 Å². The monoisotopic (exact) mass is 218 g/mol. The van der Waals surface area contributed by atoms with Gasteiger partial charge in [-0.2, -0.15) is 0 Å². The van der Waals surface area contributed by atoms with Crippen molar-refractivity contribution in [1.29, 1.82) is 0 Å². The van der Waals surface area contributed by atoms with Gasteiger partial charge in [0.2, 0.25) is 0 Å². The first-order chi connectivity index (χ1) is 7.88. The van der Waals surface area contributed by atoms with Gasteiger partial charge in [-0.3, -0.25) is 0 Å². The minimum Gasteiger partial charge on any atom is -0.385 e. The van der Waals surface area contributed by atoms with Gasteiger partial charge in [-0.05, 0) is 44.4 Å². The summed E-state index contributed by atoms with van der Waals surface area (Å²) in [5, 5.41) is 6.94. The van der Waals surface area contributed by atoms with Crippen LogP contribution in [0.4, 0.5) is 5.69 Å². The Balaban J connectivity index is 1.77. The summed E-state index contributed by atoms with van der Waals surface area (Å²) in [5.74, 6) is 0.825. The standard InChI is InChI=1S/C14H22N2/c1-15-14-9-5-6-12(10-14)11-16-13-7-3-2-4-8-13/h2-4,7-8,12,14-16H,5-6,9-11H2,1H3. The van der Waals surface area contributed by atoms with Crippen LogP contribution < -0.4 is 10.6 Å². The molecule has 0 bridgehead atoms. The Bertz CT molecular complexity index is 297. The summed E-state index contributed by atoms with van der Waals surface area (Å²) in [7, 11) is 2.08. The van der Waals surface area contributed by atoms with E-state index < -0.39 is 0 Å². The van der Waals surface area contributed by atoms with Gasteiger partial charge in [-0.1, -0.05) is 24.6 Å². The van der Waals surface area contributed by atoms with Crippen molar-refractivity contribution in [1.82, 2.24) is 5.32 Å². The molecule has 1 fully saturated rings. The van der Waals surface area contributed by atoms with E-state index in [0.717, 1.165) is 18.5 Å². The molecule has 16 heavy (non-hydrogen) atoms. The minimum absolute atomic E-state index is 0.733. The van der Waals surface area contributed by atoms with E-state index in [1.165, 1.54) is 31.4 Å². The van der Waals surface area contributed by atoms with Gasteiger partial charge in [0.1, 0.15) is 0 Å². The maximum atomic E-state index is 3.53. The average molecular weight is 218 g/mol. The van der Waals surface area contributed by atoms with E-state index in [2.05, 4.69) is 48.0 Å². The highest BCUT2D eigenvalue weighted by molar-refractivity contribution is 5.42. The predicted molar refractivity (Wildman–Crippen MR) is 69.7 cm³/mol. The van der Waals surface area contributed by atoms with Crippen molar-refractivity contribution in [3.8, 4) is 0 Å². The molecule has 0 amide bonds. The van der Waals surface area contributed by atoms with E-state index >= 15 is 0 Å². The molecule has 0 saturated heterocycles. The summed E-state index contributed by atoms with van der Waals surface area (Å²) in [6, 6.07) is 11.2. The second-order valence-corrected chi connectivity index (χ2v) is 4.77. The highest BCUT2D eigenvalue weighted by atomic mass is 14.9. The van der Waals surface area contributed by atoms with Crippen LogP contribution >= 0.6 is 0 Å². The maximum Gasteiger partial charge on any atom is 0.0340 e. The van der Waals surface area contributed by atoms with Crippen molar-refractivity contribution in [2.24, 2.45) is 5.92 Å². The quantitative estimate of drug-likeness (QED) is 0.812. The van der Waals surface area contributed by atoms with Crippen LogP contribution in [0, 0.1) is 5.92 Å². The third-order valence-corrected chi connectivity index (χ3v) is 3.56. The number of nitrogens with one attached hydrogen (secondary N) is 2. The summed E-state index contributed by atoms with van der Waals surface area (Å²) in [6.45, 7) is 1.11. The molecule has 0 aliphatic heterocycles. The normalized spacial score (nSPS) is 25.3. The van der Waals surface area contributed by atoms with Crippen molar-refractivity contribution in [2.45, 2.75) is 31.7 Å². The van der Waals surface area contributed by atoms with Crippen LogP contribution in [0.1, 0.15) is 25.7 Å². The van der Waals surface area contributed by atoms with E-state index in [0.29, 0.717) is 0 Å². The molecule has 2 atom stereocenters. The molecule has 1 aliphatic carbocycles. The van der Waals surface area contributed by atoms with Crippen LogP contribution in [0.3, 0.4) is 0 Å². The Morgan fingerprint density at radius 3 is 2.75 bits per heavy atom. The van der Waals surface area contributed by atoms with E-state index in [1.807, 2.05) is 0 Å². The van der Waals surface area contributed by atoms with Crippen molar-refractivity contribution >= 4 is 5.69 Å². The number of hydrogen-bond donors (Lipinski definition) is 2. The number of benzene rings is 1. The van der Waals surface area contributed by atoms with Crippen molar-refractivity contribution in [3.05, 3.63) is 30.3 Å². The molecule has 1 aromatic rings. The summed E-state index contributed by atoms with van der Waals surface area (Å²) in [6.07, 6.45) is 5.40. The maximum absolute atomic E-state index is 3.53. The van der Waals surface area contributed by atoms with Gasteiger partial charge in [0.25, 0.3) is 0 Å². The molecular weight excluding hydrogens is 196 g/mol. The van der Waals surface area contributed by atoms with Crippen LogP contribution in [0.25, 0.3) is 0 Å². The second kappa shape index (κ2) is 5.90. The number of hydrogen-bond acceptors (Lipinski definition) is 2. The van der Waals surface area contributed by atoms with Crippen LogP contribution in [0.2, 0.25) is 0 Å². The lowest BCUT2D eigenvalue weighted by Gasteiger charge is -2.29. The average Bonchev–Trinajstić information content (AvgIpc) is 2.38. The number of anilines is 1. The van der Waals surface area contributed by atoms with Crippen LogP contribution in [-0.4, -0.2) is 19.6 Å². The van der Waals surface area contributed by atoms with Gasteiger partial charge in [-0.15, -0.1) is 0 Å². The van der Waals surface area contributed by atoms with Gasteiger partial charge < -0.3 is 10.6 Å². The SMILES string of the molecule is CNC1CCCC(CNc2ccccc2)C1. The zero-order valence-corrected chi connectivity index (χ0v) is 10.1.